The topological polar surface area (TPSA) is 39.1 Å². The van der Waals surface area contributed by atoms with Crippen molar-refractivity contribution in [3.05, 3.63) is 17.0 Å². The van der Waals surface area contributed by atoms with E-state index in [1.165, 1.54) is 42.6 Å². The van der Waals surface area contributed by atoms with Gasteiger partial charge in [0.1, 0.15) is 0 Å². The van der Waals surface area contributed by atoms with Gasteiger partial charge in [0, 0.05) is 24.4 Å². The van der Waals surface area contributed by atoms with Crippen molar-refractivity contribution in [3.63, 3.8) is 0 Å². The molecule has 118 valence electrons. The first-order chi connectivity index (χ1) is 10.2. The Morgan fingerprint density at radius 1 is 1.38 bits per heavy atom. The summed E-state index contributed by atoms with van der Waals surface area (Å²) in [5.41, 5.74) is 4.11. The fourth-order valence-electron chi connectivity index (χ4n) is 3.83. The average molecular weight is 291 g/mol. The number of nitrogens with one attached hydrogen (secondary N) is 1. The van der Waals surface area contributed by atoms with Crippen molar-refractivity contribution in [1.29, 1.82) is 0 Å². The molecular weight excluding hydrogens is 262 g/mol. The predicted octanol–water partition coefficient (Wildman–Crippen LogP) is 3.27. The summed E-state index contributed by atoms with van der Waals surface area (Å²) >= 11 is 0. The first-order valence-electron chi connectivity index (χ1n) is 8.54. The van der Waals surface area contributed by atoms with E-state index in [0.29, 0.717) is 6.04 Å². The van der Waals surface area contributed by atoms with Crippen LogP contribution in [0.15, 0.2) is 0 Å². The zero-order chi connectivity index (χ0) is 14.9. The lowest BCUT2D eigenvalue weighted by Gasteiger charge is -2.47. The molecule has 1 aromatic heterocycles. The second-order valence-corrected chi connectivity index (χ2v) is 6.80. The van der Waals surface area contributed by atoms with Crippen LogP contribution in [0.25, 0.3) is 0 Å². The average Bonchev–Trinajstić information content (AvgIpc) is 2.74. The van der Waals surface area contributed by atoms with Crippen LogP contribution in [0.2, 0.25) is 0 Å². The van der Waals surface area contributed by atoms with Crippen molar-refractivity contribution in [1.82, 2.24) is 15.1 Å². The van der Waals surface area contributed by atoms with Gasteiger partial charge in [0.2, 0.25) is 0 Å². The van der Waals surface area contributed by atoms with Crippen LogP contribution < -0.4 is 5.32 Å². The van der Waals surface area contributed by atoms with Gasteiger partial charge in [0.25, 0.3) is 0 Å². The third-order valence-corrected chi connectivity index (χ3v) is 5.28. The summed E-state index contributed by atoms with van der Waals surface area (Å²) in [6.07, 6.45) is 7.24. The molecule has 1 spiro atoms. The fourth-order valence-corrected chi connectivity index (χ4v) is 3.83. The Morgan fingerprint density at radius 3 is 2.86 bits per heavy atom. The summed E-state index contributed by atoms with van der Waals surface area (Å²) in [5, 5.41) is 8.37. The second-order valence-electron chi connectivity index (χ2n) is 6.80. The Kier molecular flexibility index (Phi) is 4.36. The molecule has 21 heavy (non-hydrogen) atoms. The Balaban J connectivity index is 1.74. The normalized spacial score (nSPS) is 24.2. The fraction of sp³-hybridized carbons (Fsp3) is 0.824. The van der Waals surface area contributed by atoms with Gasteiger partial charge >= 0.3 is 0 Å². The smallest absolute Gasteiger partial charge is 0.0703 e. The third kappa shape index (κ3) is 2.88. The Hall–Kier alpha value is -0.870. The summed E-state index contributed by atoms with van der Waals surface area (Å²) in [5.74, 6) is 0. The summed E-state index contributed by atoms with van der Waals surface area (Å²) in [4.78, 5) is 0. The highest BCUT2D eigenvalue weighted by Crippen LogP contribution is 2.45. The minimum Gasteiger partial charge on any atom is -0.375 e. The molecule has 1 aliphatic heterocycles. The maximum atomic E-state index is 6.06. The molecule has 0 aromatic carbocycles. The molecule has 0 radical (unpaired) electrons. The molecule has 1 aliphatic carbocycles. The molecule has 0 amide bonds. The largest absolute Gasteiger partial charge is 0.375 e. The summed E-state index contributed by atoms with van der Waals surface area (Å²) < 4.78 is 8.35. The summed E-state index contributed by atoms with van der Waals surface area (Å²) in [6, 6.07) is 0.526. The lowest BCUT2D eigenvalue weighted by Crippen LogP contribution is -2.46. The van der Waals surface area contributed by atoms with Crippen LogP contribution in [0.5, 0.6) is 0 Å². The van der Waals surface area contributed by atoms with Gasteiger partial charge in [-0.1, -0.05) is 6.92 Å². The van der Waals surface area contributed by atoms with Crippen molar-refractivity contribution in [2.75, 3.05) is 13.2 Å². The van der Waals surface area contributed by atoms with Crippen LogP contribution in [0.1, 0.15) is 68.4 Å². The van der Waals surface area contributed by atoms with Gasteiger partial charge in [-0.25, -0.2) is 0 Å². The summed E-state index contributed by atoms with van der Waals surface area (Å²) in [7, 11) is 0. The Bertz CT molecular complexity index is 490. The maximum absolute atomic E-state index is 6.06. The van der Waals surface area contributed by atoms with Crippen molar-refractivity contribution >= 4 is 0 Å². The van der Waals surface area contributed by atoms with E-state index in [9.17, 15) is 0 Å². The number of hydrogen-bond acceptors (Lipinski definition) is 3. The van der Waals surface area contributed by atoms with Gasteiger partial charge in [-0.15, -0.1) is 0 Å². The highest BCUT2D eigenvalue weighted by molar-refractivity contribution is 5.25. The molecule has 1 aromatic rings. The first kappa shape index (κ1) is 15.0. The zero-order valence-electron chi connectivity index (χ0n) is 13.7. The van der Waals surface area contributed by atoms with Crippen LogP contribution >= 0.6 is 0 Å². The van der Waals surface area contributed by atoms with Crippen LogP contribution in [0.4, 0.5) is 0 Å². The van der Waals surface area contributed by atoms with Crippen LogP contribution in [0, 0.1) is 13.8 Å². The minimum atomic E-state index is 0.190. The molecule has 2 fully saturated rings. The molecular formula is C17H29N3O. The first-order valence-corrected chi connectivity index (χ1v) is 8.54. The van der Waals surface area contributed by atoms with E-state index in [-0.39, 0.29) is 5.60 Å². The molecule has 1 atom stereocenters. The monoisotopic (exact) mass is 291 g/mol. The number of nitrogens with zero attached hydrogens (tertiary/aromatic N) is 2. The third-order valence-electron chi connectivity index (χ3n) is 5.28. The lowest BCUT2D eigenvalue weighted by atomic mass is 9.74. The molecule has 1 N–H and O–H groups in total. The standard InChI is InChI=1S/C17H29N3O/c1-4-9-18-12-16-13(2)19-20(14(16)3)15-6-10-21-17(11-15)7-5-8-17/h15,18H,4-12H2,1-3H3. The van der Waals surface area contributed by atoms with E-state index in [2.05, 4.69) is 30.8 Å². The maximum Gasteiger partial charge on any atom is 0.0703 e. The molecule has 0 bridgehead atoms. The van der Waals surface area contributed by atoms with Crippen LogP contribution in [-0.4, -0.2) is 28.5 Å². The second kappa shape index (κ2) is 6.09. The van der Waals surface area contributed by atoms with Crippen molar-refractivity contribution in [2.45, 2.75) is 77.5 Å². The van der Waals surface area contributed by atoms with Crippen LogP contribution in [0.3, 0.4) is 0 Å². The predicted molar refractivity (Wildman–Crippen MR) is 84.5 cm³/mol. The Labute approximate surface area is 128 Å². The highest BCUT2D eigenvalue weighted by Gasteiger charge is 2.43. The molecule has 4 nitrogen and oxygen atoms in total. The van der Waals surface area contributed by atoms with E-state index in [0.717, 1.165) is 32.5 Å². The molecule has 2 aliphatic rings. The molecule has 1 saturated heterocycles. The molecule has 1 unspecified atom stereocenters. The molecule has 2 heterocycles. The van der Waals surface area contributed by atoms with E-state index in [1.54, 1.807) is 0 Å². The highest BCUT2D eigenvalue weighted by atomic mass is 16.5. The van der Waals surface area contributed by atoms with Crippen LogP contribution in [-0.2, 0) is 11.3 Å². The van der Waals surface area contributed by atoms with Crippen molar-refractivity contribution in [2.24, 2.45) is 0 Å². The van der Waals surface area contributed by atoms with Gasteiger partial charge in [-0.2, -0.15) is 5.10 Å². The van der Waals surface area contributed by atoms with Gasteiger partial charge in [0.15, 0.2) is 0 Å². The van der Waals surface area contributed by atoms with E-state index in [1.807, 2.05) is 0 Å². The zero-order valence-corrected chi connectivity index (χ0v) is 13.7. The quantitative estimate of drug-likeness (QED) is 0.846. The molecule has 1 saturated carbocycles. The number of rotatable bonds is 5. The van der Waals surface area contributed by atoms with Crippen molar-refractivity contribution < 1.29 is 4.74 Å². The Morgan fingerprint density at radius 2 is 2.19 bits per heavy atom. The minimum absolute atomic E-state index is 0.190. The van der Waals surface area contributed by atoms with Gasteiger partial charge < -0.3 is 10.1 Å². The lowest BCUT2D eigenvalue weighted by molar-refractivity contribution is -0.141. The number of ether oxygens (including phenoxy) is 1. The summed E-state index contributed by atoms with van der Waals surface area (Å²) in [6.45, 7) is 9.49. The molecule has 4 heteroatoms. The van der Waals surface area contributed by atoms with Gasteiger partial charge in [-0.3, -0.25) is 4.68 Å². The molecule has 3 rings (SSSR count). The van der Waals surface area contributed by atoms with Gasteiger partial charge in [0.05, 0.1) is 17.3 Å². The van der Waals surface area contributed by atoms with E-state index >= 15 is 0 Å². The number of aromatic nitrogens is 2. The number of hydrogen-bond donors (Lipinski definition) is 1. The number of aryl methyl sites for hydroxylation is 1. The van der Waals surface area contributed by atoms with Gasteiger partial charge in [-0.05, 0) is 58.9 Å². The van der Waals surface area contributed by atoms with E-state index < -0.39 is 0 Å². The SMILES string of the molecule is CCCNCc1c(C)nn(C2CCOC3(CCC3)C2)c1C. The van der Waals surface area contributed by atoms with E-state index in [4.69, 9.17) is 9.84 Å². The van der Waals surface area contributed by atoms with Crippen molar-refractivity contribution in [3.8, 4) is 0 Å².